The number of rotatable bonds is 8. The zero-order chi connectivity index (χ0) is 26.8. The predicted molar refractivity (Wildman–Crippen MR) is 146 cm³/mol. The van der Waals surface area contributed by atoms with E-state index in [4.69, 9.17) is 5.10 Å². The molecule has 2 saturated carbocycles. The number of carbonyl (C=O) groups excluding carboxylic acids is 2. The van der Waals surface area contributed by atoms with Gasteiger partial charge in [-0.05, 0) is 69.8 Å². The van der Waals surface area contributed by atoms with Gasteiger partial charge in [-0.2, -0.15) is 0 Å². The number of hydrogen-bond acceptors (Lipinski definition) is 7. The third-order valence-electron chi connectivity index (χ3n) is 8.03. The van der Waals surface area contributed by atoms with Crippen LogP contribution in [0.15, 0.2) is 30.7 Å². The molecule has 3 aliphatic rings. The molecule has 10 nitrogen and oxygen atoms in total. The molecule has 206 valence electrons. The molecule has 3 aromatic rings. The molecular formula is C28H35FN8O2. The number of likely N-dealkylation sites (tertiary alicyclic amines) is 1. The number of anilines is 3. The summed E-state index contributed by atoms with van der Waals surface area (Å²) in [6.45, 7) is 1.82. The number of imidazole rings is 1. The maximum atomic E-state index is 14.1. The van der Waals surface area contributed by atoms with Crippen molar-refractivity contribution in [2.24, 2.45) is 5.92 Å². The summed E-state index contributed by atoms with van der Waals surface area (Å²) in [7, 11) is 0. The van der Waals surface area contributed by atoms with Crippen molar-refractivity contribution >= 4 is 34.7 Å². The number of fused-ring (bicyclic) bond motifs is 1. The Balaban J connectivity index is 1.14. The van der Waals surface area contributed by atoms with Gasteiger partial charge in [0.25, 0.3) is 5.91 Å². The van der Waals surface area contributed by atoms with Gasteiger partial charge in [0.15, 0.2) is 17.2 Å². The topological polar surface area (TPSA) is 117 Å². The average molecular weight is 535 g/mol. The molecule has 3 fully saturated rings. The van der Waals surface area contributed by atoms with Crippen LogP contribution < -0.4 is 16.0 Å². The fourth-order valence-electron chi connectivity index (χ4n) is 5.65. The lowest BCUT2D eigenvalue weighted by atomic mass is 9.83. The van der Waals surface area contributed by atoms with Gasteiger partial charge in [-0.3, -0.25) is 14.6 Å². The van der Waals surface area contributed by atoms with Gasteiger partial charge in [-0.15, -0.1) is 5.10 Å². The third-order valence-corrected chi connectivity index (χ3v) is 8.03. The molecule has 0 radical (unpaired) electrons. The van der Waals surface area contributed by atoms with E-state index in [0.717, 1.165) is 76.3 Å². The fourth-order valence-corrected chi connectivity index (χ4v) is 5.65. The van der Waals surface area contributed by atoms with E-state index in [-0.39, 0.29) is 17.4 Å². The second-order valence-electron chi connectivity index (χ2n) is 11.1. The van der Waals surface area contributed by atoms with Crippen LogP contribution >= 0.6 is 0 Å². The van der Waals surface area contributed by atoms with Crippen molar-refractivity contribution in [3.8, 4) is 0 Å². The van der Waals surface area contributed by atoms with Gasteiger partial charge >= 0.3 is 0 Å². The van der Waals surface area contributed by atoms with E-state index in [1.807, 2.05) is 11.0 Å². The highest BCUT2D eigenvalue weighted by molar-refractivity contribution is 6.03. The van der Waals surface area contributed by atoms with Crippen LogP contribution in [0.2, 0.25) is 0 Å². The molecule has 0 atom stereocenters. The quantitative estimate of drug-likeness (QED) is 0.391. The zero-order valence-corrected chi connectivity index (χ0v) is 22.0. The zero-order valence-electron chi connectivity index (χ0n) is 22.0. The van der Waals surface area contributed by atoms with Crippen LogP contribution in [0, 0.1) is 11.7 Å². The second kappa shape index (κ2) is 11.2. The van der Waals surface area contributed by atoms with Crippen LogP contribution in [0.25, 0.3) is 5.65 Å². The summed E-state index contributed by atoms with van der Waals surface area (Å²) >= 11 is 0. The van der Waals surface area contributed by atoms with E-state index in [1.165, 1.54) is 29.4 Å². The summed E-state index contributed by atoms with van der Waals surface area (Å²) < 4.78 is 15.6. The maximum absolute atomic E-state index is 14.1. The molecular weight excluding hydrogens is 499 g/mol. The number of hydrogen-bond donors (Lipinski definition) is 3. The summed E-state index contributed by atoms with van der Waals surface area (Å²) in [5.41, 5.74) is 1.62. The largest absolute Gasteiger partial charge is 0.379 e. The first-order chi connectivity index (χ1) is 19.0. The van der Waals surface area contributed by atoms with Crippen molar-refractivity contribution in [3.63, 3.8) is 0 Å². The van der Waals surface area contributed by atoms with Crippen LogP contribution in [0.1, 0.15) is 74.7 Å². The van der Waals surface area contributed by atoms with Crippen LogP contribution in [0.3, 0.4) is 0 Å². The molecule has 3 N–H and O–H groups in total. The van der Waals surface area contributed by atoms with E-state index < -0.39 is 11.7 Å². The van der Waals surface area contributed by atoms with E-state index in [2.05, 4.69) is 25.9 Å². The number of halogens is 1. The number of nitrogens with zero attached hydrogens (tertiary/aromatic N) is 5. The maximum Gasteiger partial charge on any atom is 0.276 e. The second-order valence-corrected chi connectivity index (χ2v) is 11.1. The van der Waals surface area contributed by atoms with Crippen LogP contribution in [0.5, 0.6) is 0 Å². The Morgan fingerprint density at radius 2 is 1.69 bits per heavy atom. The molecule has 0 spiro atoms. The summed E-state index contributed by atoms with van der Waals surface area (Å²) in [4.78, 5) is 36.0. The lowest BCUT2D eigenvalue weighted by Crippen LogP contribution is -2.37. The molecule has 1 aliphatic heterocycles. The summed E-state index contributed by atoms with van der Waals surface area (Å²) in [6.07, 6.45) is 14.2. The molecule has 0 unspecified atom stereocenters. The summed E-state index contributed by atoms with van der Waals surface area (Å²) in [6, 6.07) is 3.98. The van der Waals surface area contributed by atoms with Gasteiger partial charge in [0.1, 0.15) is 5.82 Å². The van der Waals surface area contributed by atoms with Crippen molar-refractivity contribution in [1.82, 2.24) is 24.5 Å². The van der Waals surface area contributed by atoms with Gasteiger partial charge in [-0.1, -0.05) is 0 Å². The van der Waals surface area contributed by atoms with Crippen molar-refractivity contribution in [2.45, 2.75) is 76.3 Å². The lowest BCUT2D eigenvalue weighted by Gasteiger charge is -2.32. The summed E-state index contributed by atoms with van der Waals surface area (Å²) in [5.74, 6) is 0.276. The van der Waals surface area contributed by atoms with E-state index >= 15 is 0 Å². The van der Waals surface area contributed by atoms with Crippen molar-refractivity contribution in [2.75, 3.05) is 29.0 Å². The Morgan fingerprint density at radius 3 is 2.44 bits per heavy atom. The predicted octanol–water partition coefficient (Wildman–Crippen LogP) is 4.46. The minimum Gasteiger partial charge on any atom is -0.379 e. The highest BCUT2D eigenvalue weighted by Crippen LogP contribution is 2.32. The number of amides is 2. The van der Waals surface area contributed by atoms with E-state index in [9.17, 15) is 14.0 Å². The molecule has 0 bridgehead atoms. The first-order valence-electron chi connectivity index (χ1n) is 14.1. The third kappa shape index (κ3) is 5.97. The van der Waals surface area contributed by atoms with Crippen LogP contribution in [0.4, 0.5) is 21.6 Å². The van der Waals surface area contributed by atoms with Gasteiger partial charge in [0, 0.05) is 43.9 Å². The first-order valence-corrected chi connectivity index (χ1v) is 14.1. The van der Waals surface area contributed by atoms with E-state index in [1.54, 1.807) is 0 Å². The Hall–Kier alpha value is -3.76. The number of nitrogens with one attached hydrogen (secondary N) is 3. The van der Waals surface area contributed by atoms with Crippen LogP contribution in [-0.4, -0.2) is 61.5 Å². The Morgan fingerprint density at radius 1 is 0.949 bits per heavy atom. The number of carbonyl (C=O) groups is 2. The molecule has 0 aromatic carbocycles. The Labute approximate surface area is 226 Å². The molecule has 3 aromatic heterocycles. The minimum absolute atomic E-state index is 0.0473. The molecule has 2 aliphatic carbocycles. The van der Waals surface area contributed by atoms with E-state index in [0.29, 0.717) is 35.8 Å². The van der Waals surface area contributed by atoms with Crippen molar-refractivity contribution in [3.05, 3.63) is 42.2 Å². The Bertz CT molecular complexity index is 1340. The average Bonchev–Trinajstić information content (AvgIpc) is 3.66. The van der Waals surface area contributed by atoms with Crippen molar-refractivity contribution < 1.29 is 14.0 Å². The monoisotopic (exact) mass is 534 g/mol. The number of piperidine rings is 1. The molecule has 11 heteroatoms. The first kappa shape index (κ1) is 25.5. The molecule has 6 rings (SSSR count). The van der Waals surface area contributed by atoms with Gasteiger partial charge in [0.2, 0.25) is 5.91 Å². The highest BCUT2D eigenvalue weighted by atomic mass is 19.1. The standard InChI is InChI=1S/C28H35FN8O2/c29-21-16-30-11-10-22(21)34-28(39)24-17-31-27-23(32-19-8-9-19)15-25(35-37(24)27)33-20-6-4-18(5-7-20)14-26(38)36-12-2-1-3-13-36/h10-11,15-20,32H,1-9,12-14H2,(H,33,35)(H,30,34,39). The number of aromatic nitrogens is 4. The molecule has 1 saturated heterocycles. The van der Waals surface area contributed by atoms with Gasteiger partial charge < -0.3 is 20.9 Å². The number of pyridine rings is 1. The lowest BCUT2D eigenvalue weighted by molar-refractivity contribution is -0.133. The Kier molecular flexibility index (Phi) is 7.30. The summed E-state index contributed by atoms with van der Waals surface area (Å²) in [5, 5.41) is 14.4. The molecule has 4 heterocycles. The molecule has 39 heavy (non-hydrogen) atoms. The smallest absolute Gasteiger partial charge is 0.276 e. The highest BCUT2D eigenvalue weighted by Gasteiger charge is 2.28. The fraction of sp³-hybridized carbons (Fsp3) is 0.536. The van der Waals surface area contributed by atoms with Crippen molar-refractivity contribution in [1.29, 1.82) is 0 Å². The van der Waals surface area contributed by atoms with Crippen LogP contribution in [-0.2, 0) is 4.79 Å². The molecule has 2 amide bonds. The van der Waals surface area contributed by atoms with Gasteiger partial charge in [0.05, 0.1) is 23.8 Å². The van der Waals surface area contributed by atoms with Gasteiger partial charge in [-0.25, -0.2) is 13.9 Å². The SMILES string of the molecule is O=C(Nc1ccncc1F)c1cnc2c(NC3CC3)cc(NC3CCC(CC(=O)N4CCCCC4)CC3)nn12. The normalized spacial score (nSPS) is 21.5. The minimum atomic E-state index is -0.612.